The number of carbonyl (C=O) groups excluding carboxylic acids is 1. The van der Waals surface area contributed by atoms with Crippen molar-refractivity contribution in [1.29, 1.82) is 0 Å². The van der Waals surface area contributed by atoms with Crippen LogP contribution in [0.5, 0.6) is 0 Å². The Labute approximate surface area is 153 Å². The number of sulfonamides is 1. The largest absolute Gasteiger partial charge is 0.393 e. The average Bonchev–Trinajstić information content (AvgIpc) is 2.64. The van der Waals surface area contributed by atoms with E-state index in [0.29, 0.717) is 24.1 Å². The summed E-state index contributed by atoms with van der Waals surface area (Å²) in [6, 6.07) is 14.5. The van der Waals surface area contributed by atoms with Gasteiger partial charge in [0.2, 0.25) is 0 Å². The minimum absolute atomic E-state index is 0.0376. The lowest BCUT2D eigenvalue weighted by Gasteiger charge is -2.26. The van der Waals surface area contributed by atoms with Crippen LogP contribution in [0.4, 0.5) is 5.69 Å². The maximum atomic E-state index is 12.4. The molecule has 0 spiro atoms. The topological polar surface area (TPSA) is 95.5 Å². The van der Waals surface area contributed by atoms with Crippen LogP contribution in [0.15, 0.2) is 59.5 Å². The normalized spacial score (nSPS) is 20.3. The molecule has 0 unspecified atom stereocenters. The van der Waals surface area contributed by atoms with E-state index in [2.05, 4.69) is 10.0 Å². The second kappa shape index (κ2) is 7.88. The molecule has 6 nitrogen and oxygen atoms in total. The molecule has 3 rings (SSSR count). The average molecular weight is 374 g/mol. The van der Waals surface area contributed by atoms with Crippen molar-refractivity contribution in [1.82, 2.24) is 5.32 Å². The second-order valence-corrected chi connectivity index (χ2v) is 8.16. The molecule has 0 atom stereocenters. The summed E-state index contributed by atoms with van der Waals surface area (Å²) in [5.41, 5.74) is 0.727. The molecular formula is C19H22N2O4S. The van der Waals surface area contributed by atoms with Gasteiger partial charge in [-0.1, -0.05) is 24.3 Å². The Morgan fingerprint density at radius 1 is 0.962 bits per heavy atom. The molecule has 0 radical (unpaired) electrons. The Balaban J connectivity index is 1.69. The Hall–Kier alpha value is -2.38. The number of nitrogens with one attached hydrogen (secondary N) is 2. The number of rotatable bonds is 5. The summed E-state index contributed by atoms with van der Waals surface area (Å²) in [6.07, 6.45) is 2.57. The van der Waals surface area contributed by atoms with Crippen molar-refractivity contribution in [2.75, 3.05) is 4.72 Å². The summed E-state index contributed by atoms with van der Waals surface area (Å²) < 4.78 is 27.3. The molecule has 0 saturated heterocycles. The van der Waals surface area contributed by atoms with Gasteiger partial charge in [-0.2, -0.15) is 0 Å². The molecule has 0 aromatic heterocycles. The molecule has 0 aliphatic heterocycles. The summed E-state index contributed by atoms with van der Waals surface area (Å²) in [7, 11) is -3.70. The highest BCUT2D eigenvalue weighted by Gasteiger charge is 2.21. The Morgan fingerprint density at radius 3 is 2.35 bits per heavy atom. The molecule has 1 aliphatic rings. The summed E-state index contributed by atoms with van der Waals surface area (Å²) in [5, 5.41) is 12.5. The lowest BCUT2D eigenvalue weighted by Crippen LogP contribution is -2.38. The van der Waals surface area contributed by atoms with Gasteiger partial charge in [-0.05, 0) is 56.0 Å². The fraction of sp³-hybridized carbons (Fsp3) is 0.316. The molecule has 138 valence electrons. The van der Waals surface area contributed by atoms with Gasteiger partial charge in [0.1, 0.15) is 0 Å². The van der Waals surface area contributed by atoms with E-state index in [1.54, 1.807) is 36.4 Å². The maximum absolute atomic E-state index is 12.4. The van der Waals surface area contributed by atoms with E-state index in [-0.39, 0.29) is 22.9 Å². The van der Waals surface area contributed by atoms with Crippen molar-refractivity contribution in [2.45, 2.75) is 42.7 Å². The molecule has 1 saturated carbocycles. The molecule has 26 heavy (non-hydrogen) atoms. The third kappa shape index (κ3) is 4.62. The van der Waals surface area contributed by atoms with Gasteiger partial charge < -0.3 is 10.4 Å². The van der Waals surface area contributed by atoms with Gasteiger partial charge in [-0.15, -0.1) is 0 Å². The first-order valence-electron chi connectivity index (χ1n) is 8.61. The maximum Gasteiger partial charge on any atom is 0.261 e. The highest BCUT2D eigenvalue weighted by molar-refractivity contribution is 7.92. The Morgan fingerprint density at radius 2 is 1.65 bits per heavy atom. The van der Waals surface area contributed by atoms with E-state index in [0.717, 1.165) is 12.8 Å². The number of anilines is 1. The predicted molar refractivity (Wildman–Crippen MR) is 99.4 cm³/mol. The molecule has 2 aromatic carbocycles. The zero-order valence-electron chi connectivity index (χ0n) is 14.3. The first kappa shape index (κ1) is 18.4. The van der Waals surface area contributed by atoms with Crippen molar-refractivity contribution in [3.8, 4) is 0 Å². The van der Waals surface area contributed by atoms with Crippen LogP contribution in [-0.2, 0) is 10.0 Å². The molecule has 1 amide bonds. The van der Waals surface area contributed by atoms with Crippen LogP contribution in [0.3, 0.4) is 0 Å². The van der Waals surface area contributed by atoms with E-state index in [4.69, 9.17) is 0 Å². The van der Waals surface area contributed by atoms with Crippen molar-refractivity contribution in [3.63, 3.8) is 0 Å². The van der Waals surface area contributed by atoms with Gasteiger partial charge in [0.15, 0.2) is 0 Å². The van der Waals surface area contributed by atoms with E-state index in [1.807, 2.05) is 0 Å². The monoisotopic (exact) mass is 374 g/mol. The number of hydrogen-bond donors (Lipinski definition) is 3. The standard InChI is InChI=1S/C19H22N2O4S/c22-17-11-9-15(10-12-17)20-19(23)14-5-4-6-16(13-14)21-26(24,25)18-7-2-1-3-8-18/h1-8,13,15,17,21-22H,9-12H2,(H,20,23). The van der Waals surface area contributed by atoms with Crippen molar-refractivity contribution >= 4 is 21.6 Å². The summed E-state index contributed by atoms with van der Waals surface area (Å²) in [4.78, 5) is 12.6. The molecule has 0 bridgehead atoms. The van der Waals surface area contributed by atoms with Gasteiger partial charge >= 0.3 is 0 Å². The quantitative estimate of drug-likeness (QED) is 0.749. The Kier molecular flexibility index (Phi) is 5.58. The third-order valence-electron chi connectivity index (χ3n) is 4.46. The van der Waals surface area contributed by atoms with Crippen LogP contribution < -0.4 is 10.0 Å². The highest BCUT2D eigenvalue weighted by Crippen LogP contribution is 2.20. The zero-order valence-corrected chi connectivity index (χ0v) is 15.1. The number of amides is 1. The van der Waals surface area contributed by atoms with Gasteiger partial charge in [-0.25, -0.2) is 8.42 Å². The zero-order chi connectivity index (χ0) is 18.6. The van der Waals surface area contributed by atoms with Gasteiger partial charge in [0.25, 0.3) is 15.9 Å². The first-order chi connectivity index (χ1) is 12.4. The summed E-state index contributed by atoms with van der Waals surface area (Å²) >= 11 is 0. The van der Waals surface area contributed by atoms with Crippen LogP contribution in [0, 0.1) is 0 Å². The highest BCUT2D eigenvalue weighted by atomic mass is 32.2. The molecule has 1 aliphatic carbocycles. The van der Waals surface area contributed by atoms with Crippen LogP contribution in [0.1, 0.15) is 36.0 Å². The van der Waals surface area contributed by atoms with Gasteiger partial charge in [-0.3, -0.25) is 9.52 Å². The summed E-state index contributed by atoms with van der Waals surface area (Å²) in [5.74, 6) is -0.243. The molecule has 7 heteroatoms. The number of carbonyl (C=O) groups is 1. The molecular weight excluding hydrogens is 352 g/mol. The van der Waals surface area contributed by atoms with E-state index < -0.39 is 10.0 Å². The van der Waals surface area contributed by atoms with Crippen molar-refractivity contribution < 1.29 is 18.3 Å². The van der Waals surface area contributed by atoms with Crippen molar-refractivity contribution in [3.05, 3.63) is 60.2 Å². The van der Waals surface area contributed by atoms with Crippen LogP contribution >= 0.6 is 0 Å². The number of aliphatic hydroxyl groups is 1. The fourth-order valence-corrected chi connectivity index (χ4v) is 4.10. The molecule has 0 heterocycles. The molecule has 2 aromatic rings. The van der Waals surface area contributed by atoms with Crippen LogP contribution in [0.25, 0.3) is 0 Å². The minimum Gasteiger partial charge on any atom is -0.393 e. The van der Waals surface area contributed by atoms with Gasteiger partial charge in [0.05, 0.1) is 11.0 Å². The summed E-state index contributed by atoms with van der Waals surface area (Å²) in [6.45, 7) is 0. The number of aliphatic hydroxyl groups excluding tert-OH is 1. The second-order valence-electron chi connectivity index (χ2n) is 6.48. The predicted octanol–water partition coefficient (Wildman–Crippen LogP) is 2.52. The van der Waals surface area contributed by atoms with Crippen molar-refractivity contribution in [2.24, 2.45) is 0 Å². The molecule has 3 N–H and O–H groups in total. The minimum atomic E-state index is -3.70. The smallest absolute Gasteiger partial charge is 0.261 e. The number of hydrogen-bond acceptors (Lipinski definition) is 4. The van der Waals surface area contributed by atoms with E-state index >= 15 is 0 Å². The van der Waals surface area contributed by atoms with Gasteiger partial charge in [0, 0.05) is 17.3 Å². The van der Waals surface area contributed by atoms with E-state index in [1.165, 1.54) is 18.2 Å². The molecule has 1 fully saturated rings. The van der Waals surface area contributed by atoms with Crippen LogP contribution in [0.2, 0.25) is 0 Å². The number of benzene rings is 2. The lowest BCUT2D eigenvalue weighted by molar-refractivity contribution is 0.0867. The fourth-order valence-electron chi connectivity index (χ4n) is 3.03. The Bertz CT molecular complexity index is 860. The third-order valence-corrected chi connectivity index (χ3v) is 5.86. The first-order valence-corrected chi connectivity index (χ1v) is 10.1. The lowest BCUT2D eigenvalue weighted by atomic mass is 9.93. The SMILES string of the molecule is O=C(NC1CCC(O)CC1)c1cccc(NS(=O)(=O)c2ccccc2)c1. The van der Waals surface area contributed by atoms with Crippen LogP contribution in [-0.4, -0.2) is 31.6 Å². The van der Waals surface area contributed by atoms with E-state index in [9.17, 15) is 18.3 Å².